The van der Waals surface area contributed by atoms with E-state index in [9.17, 15) is 0 Å². The normalized spacial score (nSPS) is 34.5. The first-order valence-corrected chi connectivity index (χ1v) is 6.43. The molecule has 0 spiro atoms. The van der Waals surface area contributed by atoms with Crippen molar-refractivity contribution in [2.75, 3.05) is 0 Å². The molecular formula is C15H21. The topological polar surface area (TPSA) is 0 Å². The predicted molar refractivity (Wildman–Crippen MR) is 63.3 cm³/mol. The maximum Gasteiger partial charge on any atom is -0.00521 e. The van der Waals surface area contributed by atoms with Crippen molar-refractivity contribution < 1.29 is 0 Å². The van der Waals surface area contributed by atoms with Crippen molar-refractivity contribution in [3.8, 4) is 0 Å². The van der Waals surface area contributed by atoms with Crippen molar-refractivity contribution in [2.24, 2.45) is 17.3 Å². The average Bonchev–Trinajstić information content (AvgIpc) is 2.53. The maximum absolute atomic E-state index is 3.66. The summed E-state index contributed by atoms with van der Waals surface area (Å²) in [6, 6.07) is 0. The van der Waals surface area contributed by atoms with Crippen LogP contribution in [0.15, 0.2) is 16.7 Å². The first kappa shape index (κ1) is 9.69. The molecule has 15 heavy (non-hydrogen) atoms. The van der Waals surface area contributed by atoms with Gasteiger partial charge in [0.15, 0.2) is 0 Å². The van der Waals surface area contributed by atoms with Crippen molar-refractivity contribution in [1.29, 1.82) is 0 Å². The van der Waals surface area contributed by atoms with Crippen LogP contribution in [0.2, 0.25) is 0 Å². The molecular weight excluding hydrogens is 180 g/mol. The van der Waals surface area contributed by atoms with Crippen LogP contribution in [0, 0.1) is 23.3 Å². The molecule has 0 N–H and O–H groups in total. The number of allylic oxidation sites excluding steroid dienone is 4. The summed E-state index contributed by atoms with van der Waals surface area (Å²) in [6.45, 7) is 7.00. The van der Waals surface area contributed by atoms with Crippen molar-refractivity contribution in [2.45, 2.75) is 52.9 Å². The van der Waals surface area contributed by atoms with Gasteiger partial charge in [0, 0.05) is 0 Å². The Morgan fingerprint density at radius 1 is 1.07 bits per heavy atom. The van der Waals surface area contributed by atoms with Gasteiger partial charge in [-0.3, -0.25) is 0 Å². The number of fused-ring (bicyclic) bond motifs is 3. The summed E-state index contributed by atoms with van der Waals surface area (Å²) in [5.41, 5.74) is 5.39. The van der Waals surface area contributed by atoms with E-state index < -0.39 is 0 Å². The van der Waals surface area contributed by atoms with Crippen LogP contribution in [0.4, 0.5) is 0 Å². The molecule has 81 valence electrons. The molecule has 1 fully saturated rings. The molecule has 0 aromatic rings. The Kier molecular flexibility index (Phi) is 1.93. The summed E-state index contributed by atoms with van der Waals surface area (Å²) in [5.74, 6) is 1.89. The van der Waals surface area contributed by atoms with E-state index in [0.717, 1.165) is 18.3 Å². The number of rotatable bonds is 0. The minimum Gasteiger partial charge on any atom is -0.0583 e. The van der Waals surface area contributed by atoms with Crippen molar-refractivity contribution in [3.05, 3.63) is 22.8 Å². The molecule has 0 bridgehead atoms. The van der Waals surface area contributed by atoms with Gasteiger partial charge < -0.3 is 0 Å². The minimum atomic E-state index is 0.319. The molecule has 1 saturated carbocycles. The van der Waals surface area contributed by atoms with Crippen LogP contribution < -0.4 is 0 Å². The molecule has 2 atom stereocenters. The van der Waals surface area contributed by atoms with E-state index in [1.165, 1.54) is 25.7 Å². The predicted octanol–water partition coefficient (Wildman–Crippen LogP) is 4.28. The van der Waals surface area contributed by atoms with Gasteiger partial charge in [-0.25, -0.2) is 0 Å². The highest BCUT2D eigenvalue weighted by atomic mass is 14.5. The third-order valence-corrected chi connectivity index (χ3v) is 4.41. The summed E-state index contributed by atoms with van der Waals surface area (Å²) < 4.78 is 0. The highest BCUT2D eigenvalue weighted by molar-refractivity contribution is 5.53. The highest BCUT2D eigenvalue weighted by Crippen LogP contribution is 2.58. The van der Waals surface area contributed by atoms with E-state index in [0.29, 0.717) is 5.41 Å². The Morgan fingerprint density at radius 2 is 1.73 bits per heavy atom. The minimum absolute atomic E-state index is 0.319. The lowest BCUT2D eigenvalue weighted by Crippen LogP contribution is -2.34. The van der Waals surface area contributed by atoms with E-state index in [2.05, 4.69) is 26.8 Å². The van der Waals surface area contributed by atoms with Crippen molar-refractivity contribution >= 4 is 0 Å². The zero-order chi connectivity index (χ0) is 10.6. The van der Waals surface area contributed by atoms with Gasteiger partial charge in [0.25, 0.3) is 0 Å². The van der Waals surface area contributed by atoms with Gasteiger partial charge in [0.1, 0.15) is 0 Å². The van der Waals surface area contributed by atoms with Crippen LogP contribution in [0.3, 0.4) is 0 Å². The van der Waals surface area contributed by atoms with Crippen LogP contribution in [0.1, 0.15) is 52.9 Å². The van der Waals surface area contributed by atoms with E-state index >= 15 is 0 Å². The molecule has 3 aliphatic rings. The lowest BCUT2D eigenvalue weighted by molar-refractivity contribution is 0.260. The van der Waals surface area contributed by atoms with Crippen molar-refractivity contribution in [3.63, 3.8) is 0 Å². The van der Waals surface area contributed by atoms with Crippen LogP contribution in [-0.2, 0) is 0 Å². The molecule has 3 aliphatic carbocycles. The second kappa shape index (κ2) is 2.99. The van der Waals surface area contributed by atoms with Gasteiger partial charge in [-0.2, -0.15) is 0 Å². The Bertz CT molecular complexity index is 349. The summed E-state index contributed by atoms with van der Waals surface area (Å²) in [4.78, 5) is 0. The largest absolute Gasteiger partial charge is 0.0583 e. The molecule has 0 saturated heterocycles. The van der Waals surface area contributed by atoms with Gasteiger partial charge in [-0.05, 0) is 53.7 Å². The van der Waals surface area contributed by atoms with Crippen LogP contribution >= 0.6 is 0 Å². The first-order chi connectivity index (χ1) is 7.09. The third-order valence-electron chi connectivity index (χ3n) is 4.41. The third kappa shape index (κ3) is 1.26. The quantitative estimate of drug-likeness (QED) is 0.548. The van der Waals surface area contributed by atoms with Crippen LogP contribution in [0.5, 0.6) is 0 Å². The monoisotopic (exact) mass is 201 g/mol. The molecule has 3 rings (SSSR count). The maximum atomic E-state index is 3.66. The van der Waals surface area contributed by atoms with E-state index in [4.69, 9.17) is 0 Å². The standard InChI is InChI=1S/C15H21/c1-15(2,3)13-9-8-12-10-6-4-5-7-11(10)14(12)13/h10-11H,4-8H2,1-3H3. The fourth-order valence-corrected chi connectivity index (χ4v) is 3.76. The molecule has 1 radical (unpaired) electrons. The molecule has 0 amide bonds. The summed E-state index contributed by atoms with van der Waals surface area (Å²) in [7, 11) is 0. The second-order valence-electron chi connectivity index (χ2n) is 6.41. The Balaban J connectivity index is 1.92. The molecule has 0 aromatic carbocycles. The molecule has 0 aromatic heterocycles. The molecule has 0 heteroatoms. The fourth-order valence-electron chi connectivity index (χ4n) is 3.76. The molecule has 0 nitrogen and oxygen atoms in total. The summed E-state index contributed by atoms with van der Waals surface area (Å²) in [6.07, 6.45) is 10.6. The first-order valence-electron chi connectivity index (χ1n) is 6.43. The van der Waals surface area contributed by atoms with E-state index in [1.54, 1.807) is 16.7 Å². The summed E-state index contributed by atoms with van der Waals surface area (Å²) in [5, 5.41) is 0. The van der Waals surface area contributed by atoms with Gasteiger partial charge in [0.2, 0.25) is 0 Å². The SMILES string of the molecule is CC(C)(C)C1=[C]CC2=C1C1CCCCC21. The van der Waals surface area contributed by atoms with Gasteiger partial charge in [-0.1, -0.05) is 39.2 Å². The fraction of sp³-hybridized carbons (Fsp3) is 0.733. The molecule has 2 unspecified atom stereocenters. The van der Waals surface area contributed by atoms with Gasteiger partial charge >= 0.3 is 0 Å². The van der Waals surface area contributed by atoms with Gasteiger partial charge in [0.05, 0.1) is 0 Å². The zero-order valence-corrected chi connectivity index (χ0v) is 10.2. The molecule has 0 heterocycles. The Labute approximate surface area is 93.5 Å². The zero-order valence-electron chi connectivity index (χ0n) is 10.2. The molecule has 0 aliphatic heterocycles. The number of hydrogen-bond acceptors (Lipinski definition) is 0. The van der Waals surface area contributed by atoms with E-state index in [1.807, 2.05) is 0 Å². The lowest BCUT2D eigenvalue weighted by Gasteiger charge is -2.45. The Morgan fingerprint density at radius 3 is 2.40 bits per heavy atom. The summed E-state index contributed by atoms with van der Waals surface area (Å²) >= 11 is 0. The second-order valence-corrected chi connectivity index (χ2v) is 6.41. The smallest absolute Gasteiger partial charge is 0.00521 e. The lowest BCUT2D eigenvalue weighted by atomic mass is 9.59. The average molecular weight is 201 g/mol. The number of hydrogen-bond donors (Lipinski definition) is 0. The van der Waals surface area contributed by atoms with Crippen molar-refractivity contribution in [1.82, 2.24) is 0 Å². The highest BCUT2D eigenvalue weighted by Gasteiger charge is 2.46. The van der Waals surface area contributed by atoms with Crippen LogP contribution in [-0.4, -0.2) is 0 Å². The van der Waals surface area contributed by atoms with Crippen LogP contribution in [0.25, 0.3) is 0 Å². The van der Waals surface area contributed by atoms with E-state index in [-0.39, 0.29) is 0 Å². The van der Waals surface area contributed by atoms with Gasteiger partial charge in [-0.15, -0.1) is 0 Å². The Hall–Kier alpha value is -0.520.